The van der Waals surface area contributed by atoms with E-state index in [2.05, 4.69) is 10.6 Å². The molecule has 24 heavy (non-hydrogen) atoms. The lowest BCUT2D eigenvalue weighted by Gasteiger charge is -2.26. The molecule has 0 aliphatic carbocycles. The van der Waals surface area contributed by atoms with Crippen molar-refractivity contribution >= 4 is 28.8 Å². The molecular weight excluding hydrogens is 316 g/mol. The number of nitrogens with one attached hydrogen (secondary N) is 2. The van der Waals surface area contributed by atoms with Crippen molar-refractivity contribution in [2.75, 3.05) is 6.61 Å². The van der Waals surface area contributed by atoms with Crippen LogP contribution in [0.15, 0.2) is 34.7 Å². The van der Waals surface area contributed by atoms with E-state index in [0.29, 0.717) is 11.3 Å². The van der Waals surface area contributed by atoms with Crippen LogP contribution in [-0.2, 0) is 14.4 Å². The molecule has 124 valence electrons. The van der Waals surface area contributed by atoms with Gasteiger partial charge >= 0.3 is 5.97 Å². The van der Waals surface area contributed by atoms with Gasteiger partial charge in [0.05, 0.1) is 24.5 Å². The summed E-state index contributed by atoms with van der Waals surface area (Å²) in [6.45, 7) is -0.819. The molecule has 3 heterocycles. The summed E-state index contributed by atoms with van der Waals surface area (Å²) in [6.07, 6.45) is 0. The van der Waals surface area contributed by atoms with Crippen molar-refractivity contribution in [3.63, 3.8) is 0 Å². The van der Waals surface area contributed by atoms with Gasteiger partial charge in [-0.05, 0) is 12.1 Å². The molecule has 4 atom stereocenters. The fourth-order valence-corrected chi connectivity index (χ4v) is 3.74. The van der Waals surface area contributed by atoms with E-state index in [1.54, 1.807) is 18.2 Å². The number of imide groups is 1. The molecule has 1 aromatic heterocycles. The predicted octanol–water partition coefficient (Wildman–Crippen LogP) is -0.218. The van der Waals surface area contributed by atoms with Crippen LogP contribution < -0.4 is 10.6 Å². The monoisotopic (exact) mass is 330 g/mol. The van der Waals surface area contributed by atoms with Gasteiger partial charge in [0.25, 0.3) is 0 Å². The molecule has 0 bridgehead atoms. The van der Waals surface area contributed by atoms with Gasteiger partial charge in [0.2, 0.25) is 11.8 Å². The molecule has 4 N–H and O–H groups in total. The quantitative estimate of drug-likeness (QED) is 0.573. The van der Waals surface area contributed by atoms with Gasteiger partial charge in [0.1, 0.15) is 11.3 Å². The highest BCUT2D eigenvalue weighted by Gasteiger charge is 2.67. The number of aliphatic carboxylic acids is 1. The van der Waals surface area contributed by atoms with Crippen LogP contribution in [0, 0.1) is 11.8 Å². The molecule has 2 aliphatic heterocycles. The summed E-state index contributed by atoms with van der Waals surface area (Å²) < 4.78 is 5.73. The fourth-order valence-electron chi connectivity index (χ4n) is 3.74. The first kappa shape index (κ1) is 14.9. The Morgan fingerprint density at radius 1 is 1.25 bits per heavy atom. The standard InChI is InChI=1S/C16H14N2O6/c19-6-16(15(22)23)11-10(13(20)17-14(11)21)12(18-16)9-5-7-3-1-2-4-8(7)24-9/h1-5,10-12,18-19H,6H2,(H,22,23)(H,17,20,21). The molecule has 2 aromatic rings. The van der Waals surface area contributed by atoms with Crippen molar-refractivity contribution in [3.05, 3.63) is 36.1 Å². The van der Waals surface area contributed by atoms with Crippen molar-refractivity contribution in [3.8, 4) is 0 Å². The summed E-state index contributed by atoms with van der Waals surface area (Å²) in [4.78, 5) is 36.1. The van der Waals surface area contributed by atoms with Gasteiger partial charge in [-0.15, -0.1) is 0 Å². The number of aliphatic hydroxyl groups excluding tert-OH is 1. The zero-order valence-electron chi connectivity index (χ0n) is 12.4. The summed E-state index contributed by atoms with van der Waals surface area (Å²) in [5, 5.41) is 25.0. The number of hydrogen-bond acceptors (Lipinski definition) is 6. The third kappa shape index (κ3) is 1.78. The summed E-state index contributed by atoms with van der Waals surface area (Å²) >= 11 is 0. The lowest BCUT2D eigenvalue weighted by molar-refractivity contribution is -0.151. The topological polar surface area (TPSA) is 129 Å². The number of furan rings is 1. The second-order valence-corrected chi connectivity index (χ2v) is 6.10. The van der Waals surface area contributed by atoms with Crippen molar-refractivity contribution in [1.29, 1.82) is 0 Å². The SMILES string of the molecule is O=C1NC(=O)C2C1C(c1cc3ccccc3o1)NC2(CO)C(=O)O. The van der Waals surface area contributed by atoms with Gasteiger partial charge < -0.3 is 14.6 Å². The van der Waals surface area contributed by atoms with Gasteiger partial charge in [-0.25, -0.2) is 0 Å². The molecule has 0 radical (unpaired) electrons. The summed E-state index contributed by atoms with van der Waals surface area (Å²) in [5.41, 5.74) is -1.34. The molecule has 4 unspecified atom stereocenters. The van der Waals surface area contributed by atoms with Crippen LogP contribution in [0.2, 0.25) is 0 Å². The Bertz CT molecular complexity index is 841. The lowest BCUT2D eigenvalue weighted by atomic mass is 9.80. The second kappa shape index (κ2) is 4.89. The van der Waals surface area contributed by atoms with E-state index in [-0.39, 0.29) is 0 Å². The van der Waals surface area contributed by atoms with Crippen molar-refractivity contribution in [2.24, 2.45) is 11.8 Å². The van der Waals surface area contributed by atoms with Crippen LogP contribution in [-0.4, -0.2) is 40.1 Å². The third-order valence-corrected chi connectivity index (χ3v) is 4.88. The minimum atomic E-state index is -1.93. The fraction of sp³-hybridized carbons (Fsp3) is 0.312. The number of amides is 2. The highest BCUT2D eigenvalue weighted by atomic mass is 16.4. The van der Waals surface area contributed by atoms with Crippen LogP contribution in [0.3, 0.4) is 0 Å². The first-order valence-corrected chi connectivity index (χ1v) is 7.43. The highest BCUT2D eigenvalue weighted by molar-refractivity contribution is 6.09. The molecule has 4 rings (SSSR count). The number of aliphatic hydroxyl groups is 1. The Balaban J connectivity index is 1.85. The van der Waals surface area contributed by atoms with Crippen molar-refractivity contribution in [2.45, 2.75) is 11.6 Å². The zero-order valence-corrected chi connectivity index (χ0v) is 12.4. The maximum atomic E-state index is 12.2. The maximum absolute atomic E-state index is 12.2. The number of carbonyl (C=O) groups is 3. The van der Waals surface area contributed by atoms with Gasteiger partial charge in [-0.3, -0.25) is 25.0 Å². The van der Waals surface area contributed by atoms with Crippen LogP contribution in [0.5, 0.6) is 0 Å². The van der Waals surface area contributed by atoms with Gasteiger partial charge in [0, 0.05) is 5.39 Å². The number of benzene rings is 1. The number of fused-ring (bicyclic) bond motifs is 2. The first-order chi connectivity index (χ1) is 11.5. The Morgan fingerprint density at radius 2 is 2.00 bits per heavy atom. The minimum absolute atomic E-state index is 0.354. The summed E-state index contributed by atoms with van der Waals surface area (Å²) in [7, 11) is 0. The normalized spacial score (nSPS) is 32.1. The third-order valence-electron chi connectivity index (χ3n) is 4.88. The average Bonchev–Trinajstić information content (AvgIpc) is 3.20. The molecular formula is C16H14N2O6. The van der Waals surface area contributed by atoms with E-state index in [4.69, 9.17) is 4.42 Å². The molecule has 2 fully saturated rings. The number of carboxylic acids is 1. The van der Waals surface area contributed by atoms with E-state index < -0.39 is 47.8 Å². The van der Waals surface area contributed by atoms with E-state index in [9.17, 15) is 24.6 Å². The Labute approximate surface area is 135 Å². The minimum Gasteiger partial charge on any atom is -0.480 e. The highest BCUT2D eigenvalue weighted by Crippen LogP contribution is 2.46. The van der Waals surface area contributed by atoms with Gasteiger partial charge in [0.15, 0.2) is 5.54 Å². The Kier molecular flexibility index (Phi) is 3.03. The zero-order chi connectivity index (χ0) is 17.1. The molecule has 2 amide bonds. The number of carbonyl (C=O) groups excluding carboxylic acids is 2. The summed E-state index contributed by atoms with van der Waals surface area (Å²) in [5.74, 6) is -4.46. The Hall–Kier alpha value is -2.71. The van der Waals surface area contributed by atoms with Crippen LogP contribution in [0.1, 0.15) is 11.8 Å². The predicted molar refractivity (Wildman–Crippen MR) is 79.7 cm³/mol. The molecule has 2 saturated heterocycles. The molecule has 2 aliphatic rings. The van der Waals surface area contributed by atoms with E-state index in [1.165, 1.54) is 0 Å². The van der Waals surface area contributed by atoms with Crippen LogP contribution in [0.4, 0.5) is 0 Å². The first-order valence-electron chi connectivity index (χ1n) is 7.43. The molecule has 8 nitrogen and oxygen atoms in total. The number of rotatable bonds is 3. The number of carboxylic acid groups (broad SMARTS) is 1. The van der Waals surface area contributed by atoms with E-state index in [0.717, 1.165) is 5.39 Å². The molecule has 8 heteroatoms. The smallest absolute Gasteiger partial charge is 0.327 e. The summed E-state index contributed by atoms with van der Waals surface area (Å²) in [6, 6.07) is 8.08. The van der Waals surface area contributed by atoms with Crippen molar-refractivity contribution in [1.82, 2.24) is 10.6 Å². The van der Waals surface area contributed by atoms with Crippen LogP contribution in [0.25, 0.3) is 11.0 Å². The van der Waals surface area contributed by atoms with Crippen molar-refractivity contribution < 1.29 is 29.0 Å². The maximum Gasteiger partial charge on any atom is 0.327 e. The van der Waals surface area contributed by atoms with Crippen LogP contribution >= 0.6 is 0 Å². The number of hydrogen-bond donors (Lipinski definition) is 4. The largest absolute Gasteiger partial charge is 0.480 e. The van der Waals surface area contributed by atoms with Gasteiger partial charge in [-0.1, -0.05) is 18.2 Å². The Morgan fingerprint density at radius 3 is 2.67 bits per heavy atom. The average molecular weight is 330 g/mol. The van der Waals surface area contributed by atoms with Gasteiger partial charge in [-0.2, -0.15) is 0 Å². The van der Waals surface area contributed by atoms with E-state index >= 15 is 0 Å². The van der Waals surface area contributed by atoms with E-state index in [1.807, 2.05) is 12.1 Å². The second-order valence-electron chi connectivity index (χ2n) is 6.10. The number of para-hydroxylation sites is 1. The molecule has 0 spiro atoms. The molecule has 1 aromatic carbocycles. The lowest BCUT2D eigenvalue weighted by Crippen LogP contribution is -2.58. The molecule has 0 saturated carbocycles.